The van der Waals surface area contributed by atoms with E-state index in [0.717, 1.165) is 0 Å². The second-order valence-corrected chi connectivity index (χ2v) is 5.93. The van der Waals surface area contributed by atoms with Crippen molar-refractivity contribution in [3.63, 3.8) is 0 Å². The second-order valence-electron chi connectivity index (χ2n) is 4.99. The van der Waals surface area contributed by atoms with Gasteiger partial charge in [0.15, 0.2) is 0 Å². The van der Waals surface area contributed by atoms with Gasteiger partial charge in [-0.2, -0.15) is 0 Å². The molecule has 3 N–H and O–H groups in total. The molecular weight excluding hydrogens is 280 g/mol. The molecule has 0 radical (unpaired) electrons. The Kier molecular flexibility index (Phi) is 5.69. The Bertz CT molecular complexity index is 483. The molecule has 20 heavy (non-hydrogen) atoms. The first-order valence-corrected chi connectivity index (χ1v) is 7.03. The molecule has 0 aromatic carbocycles. The SMILES string of the molecule is CC(C)(CC(=O)O)NC(=O)CCNC(=O)c1cccs1. The van der Waals surface area contributed by atoms with Gasteiger partial charge in [-0.05, 0) is 25.3 Å². The summed E-state index contributed by atoms with van der Waals surface area (Å²) in [6.07, 6.45) is -0.0412. The molecule has 7 heteroatoms. The Balaban J connectivity index is 2.30. The number of hydrogen-bond donors (Lipinski definition) is 3. The van der Waals surface area contributed by atoms with Gasteiger partial charge in [0.1, 0.15) is 0 Å². The molecule has 1 heterocycles. The van der Waals surface area contributed by atoms with Crippen molar-refractivity contribution >= 4 is 29.1 Å². The van der Waals surface area contributed by atoms with Gasteiger partial charge in [0, 0.05) is 18.5 Å². The number of nitrogens with one attached hydrogen (secondary N) is 2. The van der Waals surface area contributed by atoms with Gasteiger partial charge in [0.2, 0.25) is 5.91 Å². The monoisotopic (exact) mass is 298 g/mol. The van der Waals surface area contributed by atoms with Gasteiger partial charge in [-0.1, -0.05) is 6.07 Å². The van der Waals surface area contributed by atoms with Crippen LogP contribution >= 0.6 is 11.3 Å². The van der Waals surface area contributed by atoms with E-state index in [9.17, 15) is 14.4 Å². The first-order chi connectivity index (χ1) is 9.30. The Hall–Kier alpha value is -1.89. The lowest BCUT2D eigenvalue weighted by Crippen LogP contribution is -2.45. The smallest absolute Gasteiger partial charge is 0.305 e. The lowest BCUT2D eigenvalue weighted by Gasteiger charge is -2.24. The molecule has 1 aromatic heterocycles. The van der Waals surface area contributed by atoms with Crippen molar-refractivity contribution in [2.24, 2.45) is 0 Å². The van der Waals surface area contributed by atoms with Gasteiger partial charge in [0.25, 0.3) is 5.91 Å². The predicted octanol–water partition coefficient (Wildman–Crippen LogP) is 1.24. The highest BCUT2D eigenvalue weighted by molar-refractivity contribution is 7.12. The number of aliphatic carboxylic acids is 1. The van der Waals surface area contributed by atoms with Crippen LogP contribution < -0.4 is 10.6 Å². The predicted molar refractivity (Wildman–Crippen MR) is 75.7 cm³/mol. The van der Waals surface area contributed by atoms with E-state index in [2.05, 4.69) is 10.6 Å². The van der Waals surface area contributed by atoms with E-state index in [1.807, 2.05) is 0 Å². The fourth-order valence-electron chi connectivity index (χ4n) is 1.65. The molecule has 110 valence electrons. The number of carboxylic acid groups (broad SMARTS) is 1. The highest BCUT2D eigenvalue weighted by Crippen LogP contribution is 2.09. The largest absolute Gasteiger partial charge is 0.481 e. The Labute approximate surface area is 121 Å². The number of amides is 2. The first-order valence-electron chi connectivity index (χ1n) is 6.15. The molecule has 0 atom stereocenters. The van der Waals surface area contributed by atoms with Crippen LogP contribution in [0.25, 0.3) is 0 Å². The van der Waals surface area contributed by atoms with Crippen molar-refractivity contribution in [1.82, 2.24) is 10.6 Å². The molecule has 0 aliphatic carbocycles. The topological polar surface area (TPSA) is 95.5 Å². The maximum absolute atomic E-state index is 11.7. The lowest BCUT2D eigenvalue weighted by atomic mass is 10.0. The summed E-state index contributed by atoms with van der Waals surface area (Å²) >= 11 is 1.33. The van der Waals surface area contributed by atoms with Crippen molar-refractivity contribution in [3.8, 4) is 0 Å². The van der Waals surface area contributed by atoms with E-state index in [1.54, 1.807) is 31.4 Å². The van der Waals surface area contributed by atoms with Crippen LogP contribution in [0.15, 0.2) is 17.5 Å². The maximum Gasteiger partial charge on any atom is 0.305 e. The summed E-state index contributed by atoms with van der Waals surface area (Å²) < 4.78 is 0. The molecule has 6 nitrogen and oxygen atoms in total. The number of carbonyl (C=O) groups is 3. The van der Waals surface area contributed by atoms with Crippen LogP contribution in [0.5, 0.6) is 0 Å². The number of thiophene rings is 1. The van der Waals surface area contributed by atoms with Crippen LogP contribution in [0.3, 0.4) is 0 Å². The van der Waals surface area contributed by atoms with Gasteiger partial charge in [-0.15, -0.1) is 11.3 Å². The average molecular weight is 298 g/mol. The van der Waals surface area contributed by atoms with E-state index in [0.29, 0.717) is 4.88 Å². The van der Waals surface area contributed by atoms with Crippen molar-refractivity contribution < 1.29 is 19.5 Å². The van der Waals surface area contributed by atoms with Crippen LogP contribution in [0.2, 0.25) is 0 Å². The summed E-state index contributed by atoms with van der Waals surface area (Å²) in [4.78, 5) is 34.5. The third-order valence-electron chi connectivity index (χ3n) is 2.45. The molecule has 0 bridgehead atoms. The Morgan fingerprint density at radius 3 is 2.60 bits per heavy atom. The summed E-state index contributed by atoms with van der Waals surface area (Å²) in [6, 6.07) is 3.48. The maximum atomic E-state index is 11.7. The molecule has 0 spiro atoms. The van der Waals surface area contributed by atoms with Crippen LogP contribution in [-0.2, 0) is 9.59 Å². The Morgan fingerprint density at radius 2 is 2.05 bits per heavy atom. The van der Waals surface area contributed by atoms with Gasteiger partial charge in [-0.25, -0.2) is 0 Å². The fourth-order valence-corrected chi connectivity index (χ4v) is 2.29. The summed E-state index contributed by atoms with van der Waals surface area (Å²) in [6.45, 7) is 3.50. The van der Waals surface area contributed by atoms with E-state index in [-0.39, 0.29) is 31.2 Å². The normalized spacial score (nSPS) is 10.9. The highest BCUT2D eigenvalue weighted by Gasteiger charge is 2.23. The number of carboxylic acids is 1. The van der Waals surface area contributed by atoms with Gasteiger partial charge >= 0.3 is 5.97 Å². The van der Waals surface area contributed by atoms with Crippen molar-refractivity contribution in [2.45, 2.75) is 32.2 Å². The minimum Gasteiger partial charge on any atom is -0.481 e. The fraction of sp³-hybridized carbons (Fsp3) is 0.462. The number of hydrogen-bond acceptors (Lipinski definition) is 4. The van der Waals surface area contributed by atoms with Gasteiger partial charge < -0.3 is 15.7 Å². The van der Waals surface area contributed by atoms with E-state index in [4.69, 9.17) is 5.11 Å². The zero-order valence-corrected chi connectivity index (χ0v) is 12.3. The van der Waals surface area contributed by atoms with Gasteiger partial charge in [-0.3, -0.25) is 14.4 Å². The standard InChI is InChI=1S/C13H18N2O4S/c1-13(2,8-11(17)18)15-10(16)5-6-14-12(19)9-4-3-7-20-9/h3-4,7H,5-6,8H2,1-2H3,(H,14,19)(H,15,16)(H,17,18). The van der Waals surface area contributed by atoms with Crippen LogP contribution in [-0.4, -0.2) is 35.0 Å². The molecule has 2 amide bonds. The lowest BCUT2D eigenvalue weighted by molar-refractivity contribution is -0.138. The second kappa shape index (κ2) is 7.04. The minimum absolute atomic E-state index is 0.111. The highest BCUT2D eigenvalue weighted by atomic mass is 32.1. The van der Waals surface area contributed by atoms with E-state index in [1.165, 1.54) is 11.3 Å². The molecule has 1 aromatic rings. The Morgan fingerprint density at radius 1 is 1.35 bits per heavy atom. The van der Waals surface area contributed by atoms with E-state index < -0.39 is 11.5 Å². The molecule has 0 fully saturated rings. The number of carbonyl (C=O) groups excluding carboxylic acids is 2. The molecule has 1 rings (SSSR count). The molecule has 0 aliphatic heterocycles. The zero-order valence-electron chi connectivity index (χ0n) is 11.4. The zero-order chi connectivity index (χ0) is 15.2. The van der Waals surface area contributed by atoms with Crippen molar-refractivity contribution in [1.29, 1.82) is 0 Å². The quantitative estimate of drug-likeness (QED) is 0.705. The van der Waals surface area contributed by atoms with Crippen molar-refractivity contribution in [3.05, 3.63) is 22.4 Å². The average Bonchev–Trinajstić information content (AvgIpc) is 2.78. The summed E-state index contributed by atoms with van der Waals surface area (Å²) in [5.74, 6) is -1.47. The molecule has 0 saturated heterocycles. The van der Waals surface area contributed by atoms with Crippen LogP contribution in [0.4, 0.5) is 0 Å². The first kappa shape index (κ1) is 16.2. The van der Waals surface area contributed by atoms with Crippen LogP contribution in [0.1, 0.15) is 36.4 Å². The summed E-state index contributed by atoms with van der Waals surface area (Å²) in [7, 11) is 0. The minimum atomic E-state index is -0.971. The summed E-state index contributed by atoms with van der Waals surface area (Å²) in [5, 5.41) is 15.8. The third-order valence-corrected chi connectivity index (χ3v) is 3.32. The van der Waals surface area contributed by atoms with Crippen molar-refractivity contribution in [2.75, 3.05) is 6.54 Å². The third kappa shape index (κ3) is 5.83. The molecular formula is C13H18N2O4S. The molecule has 0 aliphatic rings. The van der Waals surface area contributed by atoms with E-state index >= 15 is 0 Å². The molecule has 0 unspecified atom stereocenters. The number of rotatable bonds is 7. The van der Waals surface area contributed by atoms with Crippen LogP contribution in [0, 0.1) is 0 Å². The molecule has 0 saturated carbocycles. The van der Waals surface area contributed by atoms with Gasteiger partial charge in [0.05, 0.1) is 11.3 Å². The summed E-state index contributed by atoms with van der Waals surface area (Å²) in [5.41, 5.74) is -0.805.